The van der Waals surface area contributed by atoms with Crippen molar-refractivity contribution in [2.45, 2.75) is 25.9 Å². The van der Waals surface area contributed by atoms with Gasteiger partial charge in [-0.05, 0) is 49.9 Å². The lowest BCUT2D eigenvalue weighted by Crippen LogP contribution is -2.47. The zero-order valence-corrected chi connectivity index (χ0v) is 12.2. The van der Waals surface area contributed by atoms with Gasteiger partial charge in [-0.1, -0.05) is 0 Å². The van der Waals surface area contributed by atoms with E-state index in [-0.39, 0.29) is 5.54 Å². The Labute approximate surface area is 105 Å². The number of likely N-dealkylation sites (N-methyl/N-ethyl adjacent to an activating group) is 2. The molecule has 0 amide bonds. The van der Waals surface area contributed by atoms with Crippen molar-refractivity contribution in [3.05, 3.63) is 20.8 Å². The molecule has 0 aliphatic heterocycles. The third-order valence-electron chi connectivity index (χ3n) is 2.66. The number of rotatable bonds is 5. The monoisotopic (exact) mass is 290 g/mol. The molecule has 0 aliphatic carbocycles. The predicted molar refractivity (Wildman–Crippen MR) is 71.5 cm³/mol. The lowest BCUT2D eigenvalue weighted by Gasteiger charge is -2.35. The van der Waals surface area contributed by atoms with Crippen LogP contribution >= 0.6 is 27.3 Å². The van der Waals surface area contributed by atoms with E-state index in [1.165, 1.54) is 9.35 Å². The largest absolute Gasteiger partial charge is 0.318 e. The molecular formula is C11H19BrN2S. The summed E-state index contributed by atoms with van der Waals surface area (Å²) in [6, 6.07) is 2.19. The molecule has 0 atom stereocenters. The molecule has 15 heavy (non-hydrogen) atoms. The fourth-order valence-electron chi connectivity index (χ4n) is 1.45. The summed E-state index contributed by atoms with van der Waals surface area (Å²) in [5, 5.41) is 5.37. The van der Waals surface area contributed by atoms with Gasteiger partial charge in [0.2, 0.25) is 0 Å². The molecule has 1 aromatic heterocycles. The predicted octanol–water partition coefficient (Wildman–Crippen LogP) is 2.94. The minimum absolute atomic E-state index is 0.186. The third-order valence-corrected chi connectivity index (χ3v) is 4.34. The molecule has 0 aliphatic rings. The number of halogens is 1. The van der Waals surface area contributed by atoms with Crippen molar-refractivity contribution in [2.75, 3.05) is 20.6 Å². The number of hydrogen-bond donors (Lipinski definition) is 1. The van der Waals surface area contributed by atoms with E-state index in [1.54, 1.807) is 11.3 Å². The summed E-state index contributed by atoms with van der Waals surface area (Å²) < 4.78 is 1.18. The highest BCUT2D eigenvalue weighted by Gasteiger charge is 2.22. The lowest BCUT2D eigenvalue weighted by molar-refractivity contribution is 0.149. The molecule has 0 spiro atoms. The van der Waals surface area contributed by atoms with Crippen molar-refractivity contribution in [3.63, 3.8) is 0 Å². The van der Waals surface area contributed by atoms with Gasteiger partial charge in [-0.25, -0.2) is 0 Å². The molecule has 0 aromatic carbocycles. The van der Waals surface area contributed by atoms with Gasteiger partial charge in [0.1, 0.15) is 0 Å². The SMILES string of the molecule is CNCC(C)(C)N(C)Cc1cc(Br)cs1. The molecule has 1 rings (SSSR count). The Morgan fingerprint density at radius 2 is 2.20 bits per heavy atom. The van der Waals surface area contributed by atoms with Gasteiger partial charge < -0.3 is 5.32 Å². The van der Waals surface area contributed by atoms with Gasteiger partial charge in [0, 0.05) is 33.4 Å². The van der Waals surface area contributed by atoms with Crippen LogP contribution < -0.4 is 5.32 Å². The van der Waals surface area contributed by atoms with Crippen LogP contribution in [0.2, 0.25) is 0 Å². The van der Waals surface area contributed by atoms with E-state index >= 15 is 0 Å². The van der Waals surface area contributed by atoms with Crippen molar-refractivity contribution in [3.8, 4) is 0 Å². The van der Waals surface area contributed by atoms with E-state index in [1.807, 2.05) is 7.05 Å². The van der Waals surface area contributed by atoms with E-state index in [0.29, 0.717) is 0 Å². The molecular weight excluding hydrogens is 272 g/mol. The first-order chi connectivity index (χ1) is 6.95. The zero-order chi connectivity index (χ0) is 11.5. The normalized spacial score (nSPS) is 12.4. The van der Waals surface area contributed by atoms with E-state index in [9.17, 15) is 0 Å². The Hall–Kier alpha value is 0.1000. The summed E-state index contributed by atoms with van der Waals surface area (Å²) in [5.74, 6) is 0. The topological polar surface area (TPSA) is 15.3 Å². The number of nitrogens with zero attached hydrogens (tertiary/aromatic N) is 1. The number of hydrogen-bond acceptors (Lipinski definition) is 3. The van der Waals surface area contributed by atoms with Crippen LogP contribution in [-0.2, 0) is 6.54 Å². The highest BCUT2D eigenvalue weighted by atomic mass is 79.9. The van der Waals surface area contributed by atoms with Crippen molar-refractivity contribution < 1.29 is 0 Å². The van der Waals surface area contributed by atoms with Crippen LogP contribution in [0.3, 0.4) is 0 Å². The van der Waals surface area contributed by atoms with E-state index in [4.69, 9.17) is 0 Å². The molecule has 0 fully saturated rings. The van der Waals surface area contributed by atoms with Gasteiger partial charge in [0.05, 0.1) is 0 Å². The molecule has 0 unspecified atom stereocenters. The summed E-state index contributed by atoms with van der Waals surface area (Å²) in [5.41, 5.74) is 0.186. The van der Waals surface area contributed by atoms with Crippen LogP contribution in [-0.4, -0.2) is 31.1 Å². The molecule has 1 heterocycles. The summed E-state index contributed by atoms with van der Waals surface area (Å²) in [6.45, 7) is 6.51. The van der Waals surface area contributed by atoms with Crippen LogP contribution in [0.25, 0.3) is 0 Å². The Morgan fingerprint density at radius 3 is 2.67 bits per heavy atom. The van der Waals surface area contributed by atoms with Gasteiger partial charge in [-0.3, -0.25) is 4.90 Å². The van der Waals surface area contributed by atoms with Gasteiger partial charge in [-0.15, -0.1) is 11.3 Å². The van der Waals surface area contributed by atoms with E-state index in [2.05, 4.69) is 58.5 Å². The maximum atomic E-state index is 3.48. The standard InChI is InChI=1S/C11H19BrN2S/c1-11(2,8-13-3)14(4)6-10-5-9(12)7-15-10/h5,7,13H,6,8H2,1-4H3. The quantitative estimate of drug-likeness (QED) is 0.897. The van der Waals surface area contributed by atoms with Gasteiger partial charge in [0.25, 0.3) is 0 Å². The van der Waals surface area contributed by atoms with Crippen molar-refractivity contribution in [1.82, 2.24) is 10.2 Å². The van der Waals surface area contributed by atoms with Crippen LogP contribution in [0.4, 0.5) is 0 Å². The average Bonchev–Trinajstić information content (AvgIpc) is 2.51. The summed E-state index contributed by atoms with van der Waals surface area (Å²) in [4.78, 5) is 3.77. The zero-order valence-electron chi connectivity index (χ0n) is 9.80. The van der Waals surface area contributed by atoms with E-state index in [0.717, 1.165) is 13.1 Å². The first-order valence-electron chi connectivity index (χ1n) is 5.04. The second kappa shape index (κ2) is 5.43. The second-order valence-corrected chi connectivity index (χ2v) is 6.34. The smallest absolute Gasteiger partial charge is 0.0331 e. The molecule has 0 saturated heterocycles. The van der Waals surface area contributed by atoms with Gasteiger partial charge in [-0.2, -0.15) is 0 Å². The second-order valence-electron chi connectivity index (χ2n) is 4.43. The van der Waals surface area contributed by atoms with Crippen LogP contribution in [0.15, 0.2) is 15.9 Å². The summed E-state index contributed by atoms with van der Waals surface area (Å²) in [6.07, 6.45) is 0. The molecule has 1 aromatic rings. The Balaban J connectivity index is 2.58. The Morgan fingerprint density at radius 1 is 1.53 bits per heavy atom. The Kier molecular flexibility index (Phi) is 4.77. The van der Waals surface area contributed by atoms with Crippen LogP contribution in [0.5, 0.6) is 0 Å². The van der Waals surface area contributed by atoms with Crippen LogP contribution in [0.1, 0.15) is 18.7 Å². The minimum atomic E-state index is 0.186. The Bertz CT molecular complexity index is 309. The van der Waals surface area contributed by atoms with E-state index < -0.39 is 0 Å². The van der Waals surface area contributed by atoms with Crippen molar-refractivity contribution in [1.29, 1.82) is 0 Å². The molecule has 0 saturated carbocycles. The number of nitrogens with one attached hydrogen (secondary N) is 1. The molecule has 86 valence electrons. The molecule has 0 radical (unpaired) electrons. The van der Waals surface area contributed by atoms with Gasteiger partial charge in [0.15, 0.2) is 0 Å². The fraction of sp³-hybridized carbons (Fsp3) is 0.636. The molecule has 1 N–H and O–H groups in total. The molecule has 4 heteroatoms. The summed E-state index contributed by atoms with van der Waals surface area (Å²) >= 11 is 5.29. The van der Waals surface area contributed by atoms with Crippen molar-refractivity contribution in [2.24, 2.45) is 0 Å². The fourth-order valence-corrected chi connectivity index (χ4v) is 2.96. The maximum Gasteiger partial charge on any atom is 0.0331 e. The first-order valence-corrected chi connectivity index (χ1v) is 6.72. The summed E-state index contributed by atoms with van der Waals surface area (Å²) in [7, 11) is 4.17. The van der Waals surface area contributed by atoms with Gasteiger partial charge >= 0.3 is 0 Å². The molecule has 0 bridgehead atoms. The highest BCUT2D eigenvalue weighted by Crippen LogP contribution is 2.23. The number of thiophene rings is 1. The maximum absolute atomic E-state index is 3.48. The minimum Gasteiger partial charge on any atom is -0.318 e. The van der Waals surface area contributed by atoms with Crippen molar-refractivity contribution >= 4 is 27.3 Å². The average molecular weight is 291 g/mol. The van der Waals surface area contributed by atoms with Crippen LogP contribution in [0, 0.1) is 0 Å². The molecule has 2 nitrogen and oxygen atoms in total. The lowest BCUT2D eigenvalue weighted by atomic mass is 10.0. The first kappa shape index (κ1) is 13.2. The third kappa shape index (κ3) is 3.87. The highest BCUT2D eigenvalue weighted by molar-refractivity contribution is 9.10.